The third-order valence-corrected chi connectivity index (χ3v) is 6.74. The topological polar surface area (TPSA) is 81.6 Å². The predicted molar refractivity (Wildman–Crippen MR) is 121 cm³/mol. The molecule has 0 fully saturated rings. The SMILES string of the molecule is CCCN(Cc1nnc(-c2ccco2)o1)C(=O)c1cc2c(s1)-c1ccc(OC)cc1CC2. The number of benzene rings is 1. The van der Waals surface area contributed by atoms with Gasteiger partial charge in [0.05, 0.1) is 24.8 Å². The lowest BCUT2D eigenvalue weighted by Gasteiger charge is -2.19. The second kappa shape index (κ2) is 8.63. The molecular formula is C24H23N3O4S. The number of nitrogens with zero attached hydrogens (tertiary/aromatic N) is 3. The van der Waals surface area contributed by atoms with Gasteiger partial charge in [-0.1, -0.05) is 6.92 Å². The summed E-state index contributed by atoms with van der Waals surface area (Å²) in [5, 5.41) is 8.14. The molecule has 0 N–H and O–H groups in total. The summed E-state index contributed by atoms with van der Waals surface area (Å²) in [6, 6.07) is 11.7. The minimum atomic E-state index is -0.0148. The Kier molecular flexibility index (Phi) is 5.53. The van der Waals surface area contributed by atoms with E-state index >= 15 is 0 Å². The van der Waals surface area contributed by atoms with Crippen molar-refractivity contribution in [2.45, 2.75) is 32.7 Å². The first kappa shape index (κ1) is 20.5. The fourth-order valence-corrected chi connectivity index (χ4v) is 5.24. The van der Waals surface area contributed by atoms with Crippen LogP contribution in [0.1, 0.15) is 40.0 Å². The Morgan fingerprint density at radius 3 is 2.84 bits per heavy atom. The lowest BCUT2D eigenvalue weighted by atomic mass is 9.91. The van der Waals surface area contributed by atoms with Crippen molar-refractivity contribution in [3.63, 3.8) is 0 Å². The summed E-state index contributed by atoms with van der Waals surface area (Å²) in [6.45, 7) is 2.91. The molecule has 8 heteroatoms. The molecule has 1 aliphatic rings. The molecule has 4 aromatic rings. The first-order valence-electron chi connectivity index (χ1n) is 10.6. The van der Waals surface area contributed by atoms with Gasteiger partial charge in [0, 0.05) is 11.4 Å². The molecule has 1 aromatic carbocycles. The molecule has 3 heterocycles. The fourth-order valence-electron chi connectivity index (χ4n) is 4.00. The van der Waals surface area contributed by atoms with E-state index in [0.717, 1.165) is 29.9 Å². The van der Waals surface area contributed by atoms with Crippen LogP contribution >= 0.6 is 11.3 Å². The van der Waals surface area contributed by atoms with Crippen LogP contribution in [0.2, 0.25) is 0 Å². The normalized spacial score (nSPS) is 12.3. The third kappa shape index (κ3) is 3.82. The van der Waals surface area contributed by atoms with Crippen molar-refractivity contribution in [3.05, 3.63) is 64.6 Å². The lowest BCUT2D eigenvalue weighted by molar-refractivity contribution is 0.0733. The summed E-state index contributed by atoms with van der Waals surface area (Å²) in [6.07, 6.45) is 4.25. The van der Waals surface area contributed by atoms with Crippen molar-refractivity contribution in [1.29, 1.82) is 0 Å². The van der Waals surface area contributed by atoms with Crippen LogP contribution in [0, 0.1) is 0 Å². The van der Waals surface area contributed by atoms with Gasteiger partial charge in [0.1, 0.15) is 5.75 Å². The molecule has 0 aliphatic heterocycles. The number of carbonyl (C=O) groups is 1. The van der Waals surface area contributed by atoms with Gasteiger partial charge in [-0.25, -0.2) is 0 Å². The number of hydrogen-bond acceptors (Lipinski definition) is 7. The van der Waals surface area contributed by atoms with Crippen molar-refractivity contribution < 1.29 is 18.4 Å². The van der Waals surface area contributed by atoms with E-state index in [1.165, 1.54) is 21.6 Å². The van der Waals surface area contributed by atoms with Crippen LogP contribution in [-0.4, -0.2) is 34.7 Å². The Hall–Kier alpha value is -3.39. The third-order valence-electron chi connectivity index (χ3n) is 5.55. The zero-order chi connectivity index (χ0) is 22.1. The average Bonchev–Trinajstić information content (AvgIpc) is 3.58. The van der Waals surface area contributed by atoms with Gasteiger partial charge in [-0.3, -0.25) is 4.79 Å². The van der Waals surface area contributed by atoms with Crippen LogP contribution in [0.3, 0.4) is 0 Å². The van der Waals surface area contributed by atoms with Crippen LogP contribution in [0.4, 0.5) is 0 Å². The van der Waals surface area contributed by atoms with Gasteiger partial charge in [0.15, 0.2) is 5.76 Å². The minimum Gasteiger partial charge on any atom is -0.497 e. The average molecular weight is 450 g/mol. The van der Waals surface area contributed by atoms with E-state index in [2.05, 4.69) is 22.3 Å². The van der Waals surface area contributed by atoms with Gasteiger partial charge in [-0.2, -0.15) is 0 Å². The maximum atomic E-state index is 13.4. The first-order chi connectivity index (χ1) is 15.7. The van der Waals surface area contributed by atoms with E-state index in [-0.39, 0.29) is 12.5 Å². The number of aromatic nitrogens is 2. The molecule has 1 aliphatic carbocycles. The summed E-state index contributed by atoms with van der Waals surface area (Å²) in [7, 11) is 1.68. The molecule has 32 heavy (non-hydrogen) atoms. The van der Waals surface area contributed by atoms with E-state index in [9.17, 15) is 4.79 Å². The molecule has 0 radical (unpaired) electrons. The molecule has 7 nitrogen and oxygen atoms in total. The maximum Gasteiger partial charge on any atom is 0.283 e. The number of amides is 1. The van der Waals surface area contributed by atoms with Gasteiger partial charge < -0.3 is 18.5 Å². The molecule has 0 saturated carbocycles. The summed E-state index contributed by atoms with van der Waals surface area (Å²) in [4.78, 5) is 17.1. The largest absolute Gasteiger partial charge is 0.497 e. The molecule has 1 amide bonds. The molecule has 0 atom stereocenters. The van der Waals surface area contributed by atoms with Crippen LogP contribution in [-0.2, 0) is 19.4 Å². The van der Waals surface area contributed by atoms with Crippen molar-refractivity contribution in [3.8, 4) is 27.8 Å². The van der Waals surface area contributed by atoms with Crippen molar-refractivity contribution >= 4 is 17.2 Å². The highest BCUT2D eigenvalue weighted by molar-refractivity contribution is 7.17. The van der Waals surface area contributed by atoms with E-state index in [4.69, 9.17) is 13.6 Å². The second-order valence-electron chi connectivity index (χ2n) is 7.69. The zero-order valence-corrected chi connectivity index (χ0v) is 18.8. The van der Waals surface area contributed by atoms with Gasteiger partial charge in [0.2, 0.25) is 5.89 Å². The highest BCUT2D eigenvalue weighted by atomic mass is 32.1. The van der Waals surface area contributed by atoms with E-state index in [0.29, 0.717) is 24.1 Å². The smallest absolute Gasteiger partial charge is 0.283 e. The van der Waals surface area contributed by atoms with Crippen molar-refractivity contribution in [2.24, 2.45) is 0 Å². The number of ether oxygens (including phenoxy) is 1. The predicted octanol–water partition coefficient (Wildman–Crippen LogP) is 5.22. The van der Waals surface area contributed by atoms with E-state index in [1.54, 1.807) is 41.7 Å². The van der Waals surface area contributed by atoms with E-state index in [1.807, 2.05) is 19.1 Å². The molecule has 0 unspecified atom stereocenters. The summed E-state index contributed by atoms with van der Waals surface area (Å²) in [5.74, 6) is 2.06. The number of hydrogen-bond donors (Lipinski definition) is 0. The Morgan fingerprint density at radius 1 is 1.19 bits per heavy atom. The first-order valence-corrected chi connectivity index (χ1v) is 11.4. The van der Waals surface area contributed by atoms with Crippen LogP contribution in [0.15, 0.2) is 51.5 Å². The fraction of sp³-hybridized carbons (Fsp3) is 0.292. The Balaban J connectivity index is 1.39. The molecule has 164 valence electrons. The lowest BCUT2D eigenvalue weighted by Crippen LogP contribution is -2.30. The number of thiophene rings is 1. The van der Waals surface area contributed by atoms with Crippen molar-refractivity contribution in [1.82, 2.24) is 15.1 Å². The standard InChI is InChI=1S/C24H23N3O4S/c1-3-10-27(14-21-25-26-23(31-21)19-5-4-11-30-19)24(28)20-13-16-7-6-15-12-17(29-2)8-9-18(15)22(16)32-20/h4-5,8-9,11-13H,3,6-7,10,14H2,1-2H3. The molecule has 3 aromatic heterocycles. The molecule has 5 rings (SSSR count). The number of methoxy groups -OCH3 is 1. The number of rotatable bonds is 7. The van der Waals surface area contributed by atoms with Gasteiger partial charge in [-0.15, -0.1) is 21.5 Å². The molecule has 0 spiro atoms. The van der Waals surface area contributed by atoms with Gasteiger partial charge in [-0.05, 0) is 72.4 Å². The number of aryl methyl sites for hydroxylation is 2. The Labute approximate surface area is 189 Å². The monoisotopic (exact) mass is 449 g/mol. The number of furan rings is 1. The van der Waals surface area contributed by atoms with Crippen LogP contribution < -0.4 is 4.74 Å². The van der Waals surface area contributed by atoms with E-state index < -0.39 is 0 Å². The number of carbonyl (C=O) groups excluding carboxylic acids is 1. The highest BCUT2D eigenvalue weighted by Gasteiger charge is 2.25. The quantitative estimate of drug-likeness (QED) is 0.385. The minimum absolute atomic E-state index is 0.0148. The highest BCUT2D eigenvalue weighted by Crippen LogP contribution is 2.41. The summed E-state index contributed by atoms with van der Waals surface area (Å²) in [5.41, 5.74) is 3.68. The van der Waals surface area contributed by atoms with Crippen LogP contribution in [0.5, 0.6) is 5.75 Å². The summed E-state index contributed by atoms with van der Waals surface area (Å²) < 4.78 is 16.4. The zero-order valence-electron chi connectivity index (χ0n) is 18.0. The van der Waals surface area contributed by atoms with Crippen molar-refractivity contribution in [2.75, 3.05) is 13.7 Å². The Bertz CT molecular complexity index is 1240. The van der Waals surface area contributed by atoms with Gasteiger partial charge >= 0.3 is 0 Å². The molecule has 0 saturated heterocycles. The van der Waals surface area contributed by atoms with Crippen LogP contribution in [0.25, 0.3) is 22.1 Å². The maximum absolute atomic E-state index is 13.4. The van der Waals surface area contributed by atoms with Gasteiger partial charge in [0.25, 0.3) is 11.8 Å². The Morgan fingerprint density at radius 2 is 2.06 bits per heavy atom. The number of fused-ring (bicyclic) bond motifs is 3. The molecule has 0 bridgehead atoms. The summed E-state index contributed by atoms with van der Waals surface area (Å²) >= 11 is 1.55. The second-order valence-corrected chi connectivity index (χ2v) is 8.75. The molecular weight excluding hydrogens is 426 g/mol.